The summed E-state index contributed by atoms with van der Waals surface area (Å²) in [5, 5.41) is 7.97. The Bertz CT molecular complexity index is 1060. The highest BCUT2D eigenvalue weighted by atomic mass is 32.1. The van der Waals surface area contributed by atoms with Crippen LogP contribution >= 0.6 is 11.3 Å². The molecule has 0 spiro atoms. The third-order valence-corrected chi connectivity index (χ3v) is 5.73. The highest BCUT2D eigenvalue weighted by molar-refractivity contribution is 7.14. The maximum absolute atomic E-state index is 6.31. The van der Waals surface area contributed by atoms with Gasteiger partial charge in [0.2, 0.25) is 0 Å². The number of hydrogen-bond acceptors (Lipinski definition) is 5. The van der Waals surface area contributed by atoms with Crippen molar-refractivity contribution in [1.29, 1.82) is 0 Å². The van der Waals surface area contributed by atoms with Crippen LogP contribution in [0.1, 0.15) is 5.56 Å². The molecule has 4 rings (SSSR count). The molecule has 142 valence electrons. The quantitative estimate of drug-likeness (QED) is 0.469. The normalized spacial score (nSPS) is 12.1. The highest BCUT2D eigenvalue weighted by Crippen LogP contribution is 2.31. The summed E-state index contributed by atoms with van der Waals surface area (Å²) in [4.78, 5) is 5.41. The first-order valence-corrected chi connectivity index (χ1v) is 10.1. The van der Waals surface area contributed by atoms with E-state index in [4.69, 9.17) is 10.5 Å². The molecule has 0 amide bonds. The average Bonchev–Trinajstić information content (AvgIpc) is 3.21. The minimum atomic E-state index is 0.0462. The number of pyridine rings is 1. The number of benzene rings is 2. The van der Waals surface area contributed by atoms with Gasteiger partial charge in [0.1, 0.15) is 5.75 Å². The molecule has 4 nitrogen and oxygen atoms in total. The zero-order valence-electron chi connectivity index (χ0n) is 15.8. The summed E-state index contributed by atoms with van der Waals surface area (Å²) in [7, 11) is 1.68. The summed E-state index contributed by atoms with van der Waals surface area (Å²) < 4.78 is 5.20. The lowest BCUT2D eigenvalue weighted by Gasteiger charge is -2.13. The molecule has 0 aliphatic heterocycles. The Balaban J connectivity index is 1.37. The summed E-state index contributed by atoms with van der Waals surface area (Å²) in [5.41, 5.74) is 9.86. The van der Waals surface area contributed by atoms with E-state index in [2.05, 4.69) is 52.1 Å². The Morgan fingerprint density at radius 2 is 1.93 bits per heavy atom. The Kier molecular flexibility index (Phi) is 5.55. The smallest absolute Gasteiger partial charge is 0.118 e. The molecule has 0 aliphatic carbocycles. The minimum absolute atomic E-state index is 0.0462. The SMILES string of the molecule is COc1ccc(C[C@H](N)CNc2csc(-c3ccc4cnccc4c3)c2)cc1. The third kappa shape index (κ3) is 4.32. The van der Waals surface area contributed by atoms with E-state index in [1.807, 2.05) is 30.6 Å². The van der Waals surface area contributed by atoms with Crippen LogP contribution in [0.4, 0.5) is 5.69 Å². The lowest BCUT2D eigenvalue weighted by molar-refractivity contribution is 0.414. The van der Waals surface area contributed by atoms with Crippen LogP contribution in [0, 0.1) is 0 Å². The molecule has 3 N–H and O–H groups in total. The second-order valence-electron chi connectivity index (χ2n) is 6.83. The molecule has 2 heterocycles. The van der Waals surface area contributed by atoms with Crippen LogP contribution in [0.3, 0.4) is 0 Å². The number of anilines is 1. The lowest BCUT2D eigenvalue weighted by atomic mass is 10.1. The Hall–Kier alpha value is -2.89. The molecule has 2 aromatic carbocycles. The Labute approximate surface area is 169 Å². The predicted octanol–water partition coefficient (Wildman–Crippen LogP) is 4.95. The van der Waals surface area contributed by atoms with Gasteiger partial charge in [-0.05, 0) is 53.3 Å². The van der Waals surface area contributed by atoms with Crippen molar-refractivity contribution in [2.45, 2.75) is 12.5 Å². The van der Waals surface area contributed by atoms with E-state index in [0.717, 1.165) is 29.8 Å². The Morgan fingerprint density at radius 1 is 1.07 bits per heavy atom. The molecule has 0 radical (unpaired) electrons. The van der Waals surface area contributed by atoms with E-state index in [-0.39, 0.29) is 6.04 Å². The van der Waals surface area contributed by atoms with Crippen molar-refractivity contribution in [3.63, 3.8) is 0 Å². The van der Waals surface area contributed by atoms with Gasteiger partial charge >= 0.3 is 0 Å². The molecule has 0 saturated heterocycles. The monoisotopic (exact) mass is 389 g/mol. The number of nitrogens with one attached hydrogen (secondary N) is 1. The number of fused-ring (bicyclic) bond motifs is 1. The summed E-state index contributed by atoms with van der Waals surface area (Å²) >= 11 is 1.74. The van der Waals surface area contributed by atoms with Crippen molar-refractivity contribution in [3.8, 4) is 16.2 Å². The fourth-order valence-electron chi connectivity index (χ4n) is 3.20. The Morgan fingerprint density at radius 3 is 2.75 bits per heavy atom. The summed E-state index contributed by atoms with van der Waals surface area (Å²) in [5.74, 6) is 0.867. The van der Waals surface area contributed by atoms with Crippen molar-refractivity contribution in [3.05, 3.63) is 77.9 Å². The maximum atomic E-state index is 6.31. The average molecular weight is 390 g/mol. The number of aromatic nitrogens is 1. The maximum Gasteiger partial charge on any atom is 0.118 e. The van der Waals surface area contributed by atoms with Crippen LogP contribution in [-0.2, 0) is 6.42 Å². The van der Waals surface area contributed by atoms with Crippen molar-refractivity contribution >= 4 is 27.8 Å². The van der Waals surface area contributed by atoms with Gasteiger partial charge in [0.05, 0.1) is 7.11 Å². The molecule has 5 heteroatoms. The van der Waals surface area contributed by atoms with Crippen molar-refractivity contribution in [2.24, 2.45) is 5.73 Å². The van der Waals surface area contributed by atoms with Crippen molar-refractivity contribution in [2.75, 3.05) is 19.0 Å². The second kappa shape index (κ2) is 8.42. The van der Waals surface area contributed by atoms with Crippen molar-refractivity contribution in [1.82, 2.24) is 4.98 Å². The van der Waals surface area contributed by atoms with Crippen LogP contribution in [-0.4, -0.2) is 24.7 Å². The van der Waals surface area contributed by atoms with Crippen LogP contribution in [0.25, 0.3) is 21.2 Å². The zero-order chi connectivity index (χ0) is 19.3. The molecule has 4 aromatic rings. The predicted molar refractivity (Wildman–Crippen MR) is 118 cm³/mol. The molecule has 0 fully saturated rings. The van der Waals surface area contributed by atoms with Gasteiger partial charge in [0, 0.05) is 46.3 Å². The molecule has 0 saturated carbocycles. The fourth-order valence-corrected chi connectivity index (χ4v) is 4.07. The van der Waals surface area contributed by atoms with Crippen molar-refractivity contribution < 1.29 is 4.74 Å². The first kappa shape index (κ1) is 18.5. The minimum Gasteiger partial charge on any atom is -0.497 e. The number of rotatable bonds is 7. The van der Waals surface area contributed by atoms with E-state index in [9.17, 15) is 0 Å². The van der Waals surface area contributed by atoms with Gasteiger partial charge in [-0.25, -0.2) is 0 Å². The summed E-state index contributed by atoms with van der Waals surface area (Å²) in [6.07, 6.45) is 4.55. The van der Waals surface area contributed by atoms with Crippen LogP contribution in [0.5, 0.6) is 5.75 Å². The number of nitrogens with two attached hydrogens (primary N) is 1. The lowest BCUT2D eigenvalue weighted by Crippen LogP contribution is -2.31. The highest BCUT2D eigenvalue weighted by Gasteiger charge is 2.07. The standard InChI is InChI=1S/C23H23N3OS/c1-27-22-6-2-16(3-7-22)10-20(24)14-26-21-12-23(28-15-21)18-4-5-19-13-25-9-8-17(19)11-18/h2-9,11-13,15,20,26H,10,14,24H2,1H3/t20-/m0/s1. The molecule has 1 atom stereocenters. The van der Waals surface area contributed by atoms with Gasteiger partial charge in [0.15, 0.2) is 0 Å². The molecular weight excluding hydrogens is 366 g/mol. The fraction of sp³-hybridized carbons (Fsp3) is 0.174. The largest absolute Gasteiger partial charge is 0.497 e. The summed E-state index contributed by atoms with van der Waals surface area (Å²) in [6, 6.07) is 18.8. The van der Waals surface area contributed by atoms with Gasteiger partial charge in [-0.3, -0.25) is 4.98 Å². The van der Waals surface area contributed by atoms with Gasteiger partial charge in [-0.1, -0.05) is 24.3 Å². The molecule has 28 heavy (non-hydrogen) atoms. The van der Waals surface area contributed by atoms with E-state index < -0.39 is 0 Å². The van der Waals surface area contributed by atoms with Crippen LogP contribution in [0.2, 0.25) is 0 Å². The molecular formula is C23H23N3OS. The molecule has 0 unspecified atom stereocenters. The van der Waals surface area contributed by atoms with E-state index in [0.29, 0.717) is 0 Å². The molecule has 0 aliphatic rings. The third-order valence-electron chi connectivity index (χ3n) is 4.75. The molecule has 2 aromatic heterocycles. The number of ether oxygens (including phenoxy) is 1. The number of nitrogens with zero attached hydrogens (tertiary/aromatic N) is 1. The topological polar surface area (TPSA) is 60.2 Å². The van der Waals surface area contributed by atoms with E-state index >= 15 is 0 Å². The summed E-state index contributed by atoms with van der Waals surface area (Å²) in [6.45, 7) is 0.728. The first-order chi connectivity index (χ1) is 13.7. The van der Waals surface area contributed by atoms with Gasteiger partial charge < -0.3 is 15.8 Å². The molecule has 0 bridgehead atoms. The first-order valence-electron chi connectivity index (χ1n) is 9.26. The number of thiophene rings is 1. The van der Waals surface area contributed by atoms with E-state index in [1.54, 1.807) is 18.4 Å². The van der Waals surface area contributed by atoms with Gasteiger partial charge in [-0.15, -0.1) is 11.3 Å². The van der Waals surface area contributed by atoms with Crippen LogP contribution < -0.4 is 15.8 Å². The zero-order valence-corrected chi connectivity index (χ0v) is 16.6. The van der Waals surface area contributed by atoms with Crippen LogP contribution in [0.15, 0.2) is 72.4 Å². The van der Waals surface area contributed by atoms with Gasteiger partial charge in [0.25, 0.3) is 0 Å². The number of methoxy groups -OCH3 is 1. The van der Waals surface area contributed by atoms with Gasteiger partial charge in [-0.2, -0.15) is 0 Å². The second-order valence-corrected chi connectivity index (χ2v) is 7.74. The van der Waals surface area contributed by atoms with E-state index in [1.165, 1.54) is 21.4 Å². The number of hydrogen-bond donors (Lipinski definition) is 2.